The van der Waals surface area contributed by atoms with Crippen LogP contribution in [0.1, 0.15) is 22.3 Å². The van der Waals surface area contributed by atoms with Crippen molar-refractivity contribution in [2.24, 2.45) is 5.10 Å². The Morgan fingerprint density at radius 1 is 1.16 bits per heavy atom. The number of rotatable bonds is 2. The molecule has 0 fully saturated rings. The minimum absolute atomic E-state index is 0.0454. The van der Waals surface area contributed by atoms with Gasteiger partial charge in [-0.2, -0.15) is 23.3 Å². The molecular weight excluding hydrogens is 359 g/mol. The first-order chi connectivity index (χ1) is 11.7. The summed E-state index contributed by atoms with van der Waals surface area (Å²) in [6, 6.07) is 8.20. The van der Waals surface area contributed by atoms with E-state index in [2.05, 4.69) is 10.1 Å². The highest BCUT2D eigenvalue weighted by Gasteiger charge is 2.53. The van der Waals surface area contributed by atoms with Gasteiger partial charge in [0.1, 0.15) is 5.71 Å². The summed E-state index contributed by atoms with van der Waals surface area (Å²) in [6.45, 7) is 0. The number of aromatic nitrogens is 1. The molecule has 2 aromatic rings. The number of halogens is 4. The highest BCUT2D eigenvalue weighted by Crippen LogP contribution is 2.40. The minimum atomic E-state index is -4.77. The molecule has 0 aliphatic carbocycles. The van der Waals surface area contributed by atoms with Gasteiger partial charge in [-0.3, -0.25) is 9.78 Å². The average molecular weight is 370 g/mol. The minimum Gasteiger partial charge on any atom is -0.365 e. The number of nitrogens with zero attached hydrogens (tertiary/aromatic N) is 3. The molecule has 0 spiro atoms. The third-order valence-electron chi connectivity index (χ3n) is 3.74. The lowest BCUT2D eigenvalue weighted by Gasteiger charge is -2.31. The first kappa shape index (κ1) is 17.4. The van der Waals surface area contributed by atoms with E-state index in [0.717, 1.165) is 0 Å². The molecule has 1 amide bonds. The van der Waals surface area contributed by atoms with Crippen molar-refractivity contribution in [3.05, 3.63) is 64.9 Å². The van der Waals surface area contributed by atoms with Crippen LogP contribution in [0.5, 0.6) is 0 Å². The van der Waals surface area contributed by atoms with Gasteiger partial charge in [0, 0.05) is 28.5 Å². The first-order valence-corrected chi connectivity index (χ1v) is 7.47. The summed E-state index contributed by atoms with van der Waals surface area (Å²) in [5.74, 6) is -0.879. The Hall–Kier alpha value is -2.45. The van der Waals surface area contributed by atoms with Gasteiger partial charge >= 0.3 is 6.18 Å². The largest absolute Gasteiger partial charge is 0.431 e. The fourth-order valence-electron chi connectivity index (χ4n) is 2.48. The molecule has 5 nitrogen and oxygen atoms in total. The Kier molecular flexibility index (Phi) is 4.26. The summed E-state index contributed by atoms with van der Waals surface area (Å²) in [6.07, 6.45) is -3.02. The monoisotopic (exact) mass is 369 g/mol. The molecule has 1 aromatic carbocycles. The summed E-state index contributed by atoms with van der Waals surface area (Å²) in [4.78, 5) is 16.4. The quantitative estimate of drug-likeness (QED) is 0.883. The Bertz CT molecular complexity index is 825. The molecule has 0 saturated carbocycles. The van der Waals surface area contributed by atoms with Crippen LogP contribution in [-0.2, 0) is 5.72 Å². The molecule has 1 aliphatic rings. The van der Waals surface area contributed by atoms with E-state index in [1.54, 1.807) is 0 Å². The fourth-order valence-corrected chi connectivity index (χ4v) is 2.60. The molecule has 1 N–H and O–H groups in total. The SMILES string of the molecule is O=C(c1ccc(Cl)cc1)N1N=C(C(F)(F)F)C[C@@]1(O)c1ccncc1. The zero-order valence-corrected chi connectivity index (χ0v) is 13.3. The summed E-state index contributed by atoms with van der Waals surface area (Å²) in [5.41, 5.74) is -3.38. The van der Waals surface area contributed by atoms with E-state index >= 15 is 0 Å². The van der Waals surface area contributed by atoms with Crippen molar-refractivity contribution in [1.82, 2.24) is 9.99 Å². The van der Waals surface area contributed by atoms with Crippen LogP contribution in [0.15, 0.2) is 53.9 Å². The third-order valence-corrected chi connectivity index (χ3v) is 3.99. The van der Waals surface area contributed by atoms with Crippen molar-refractivity contribution >= 4 is 23.2 Å². The number of hydrazone groups is 1. The second-order valence-corrected chi connectivity index (χ2v) is 5.83. The maximum Gasteiger partial charge on any atom is 0.431 e. The molecule has 3 rings (SSSR count). The first-order valence-electron chi connectivity index (χ1n) is 7.09. The van der Waals surface area contributed by atoms with Crippen LogP contribution in [-0.4, -0.2) is 32.9 Å². The van der Waals surface area contributed by atoms with E-state index in [1.807, 2.05) is 0 Å². The summed E-state index contributed by atoms with van der Waals surface area (Å²) < 4.78 is 39.3. The number of carbonyl (C=O) groups excluding carboxylic acids is 1. The standard InChI is InChI=1S/C16H11ClF3N3O2/c17-12-3-1-10(2-4-12)14(24)23-15(25,11-5-7-21-8-6-11)9-13(22-23)16(18,19)20/h1-8,25H,9H2/t15-/m1/s1. The molecule has 0 bridgehead atoms. The number of carbonyl (C=O) groups is 1. The summed E-state index contributed by atoms with van der Waals surface area (Å²) in [5, 5.41) is 15.1. The maximum absolute atomic E-state index is 13.1. The smallest absolute Gasteiger partial charge is 0.365 e. The van der Waals surface area contributed by atoms with Crippen molar-refractivity contribution in [2.45, 2.75) is 18.3 Å². The van der Waals surface area contributed by atoms with Crippen molar-refractivity contribution in [2.75, 3.05) is 0 Å². The number of aliphatic hydroxyl groups is 1. The van der Waals surface area contributed by atoms with Gasteiger partial charge < -0.3 is 5.11 Å². The van der Waals surface area contributed by atoms with Gasteiger partial charge in [0.2, 0.25) is 0 Å². The Labute approximate surface area is 145 Å². The molecule has 1 aromatic heterocycles. The van der Waals surface area contributed by atoms with E-state index in [1.165, 1.54) is 48.8 Å². The molecule has 130 valence electrons. The highest BCUT2D eigenvalue weighted by molar-refractivity contribution is 6.30. The molecule has 0 radical (unpaired) electrons. The predicted octanol–water partition coefficient (Wildman–Crippen LogP) is 3.34. The second-order valence-electron chi connectivity index (χ2n) is 5.40. The fraction of sp³-hybridized carbons (Fsp3) is 0.188. The van der Waals surface area contributed by atoms with Crippen molar-refractivity contribution in [3.8, 4) is 0 Å². The van der Waals surface area contributed by atoms with Crippen LogP contribution in [0.2, 0.25) is 5.02 Å². The molecule has 1 aliphatic heterocycles. The molecule has 1 atom stereocenters. The van der Waals surface area contributed by atoms with Gasteiger partial charge in [-0.25, -0.2) is 0 Å². The van der Waals surface area contributed by atoms with Crippen molar-refractivity contribution in [1.29, 1.82) is 0 Å². The number of benzene rings is 1. The van der Waals surface area contributed by atoms with Gasteiger partial charge in [0.25, 0.3) is 5.91 Å². The van der Waals surface area contributed by atoms with Crippen molar-refractivity contribution in [3.63, 3.8) is 0 Å². The van der Waals surface area contributed by atoms with E-state index in [9.17, 15) is 23.1 Å². The zero-order chi connectivity index (χ0) is 18.2. The van der Waals surface area contributed by atoms with Crippen molar-refractivity contribution < 1.29 is 23.1 Å². The predicted molar refractivity (Wildman–Crippen MR) is 83.9 cm³/mol. The van der Waals surface area contributed by atoms with Crippen LogP contribution in [0.25, 0.3) is 0 Å². The van der Waals surface area contributed by atoms with Gasteiger partial charge in [0.05, 0.1) is 6.42 Å². The summed E-state index contributed by atoms with van der Waals surface area (Å²) >= 11 is 5.75. The number of amides is 1. The molecule has 0 unspecified atom stereocenters. The lowest BCUT2D eigenvalue weighted by Crippen LogP contribution is -2.43. The maximum atomic E-state index is 13.1. The lowest BCUT2D eigenvalue weighted by atomic mass is 9.97. The second kappa shape index (κ2) is 6.12. The Morgan fingerprint density at radius 2 is 1.76 bits per heavy atom. The van der Waals surface area contributed by atoms with Gasteiger partial charge in [-0.1, -0.05) is 11.6 Å². The van der Waals surface area contributed by atoms with E-state index in [4.69, 9.17) is 11.6 Å². The Balaban J connectivity index is 2.06. The number of hydrogen-bond donors (Lipinski definition) is 1. The van der Waals surface area contributed by atoms with Gasteiger partial charge in [-0.15, -0.1) is 0 Å². The topological polar surface area (TPSA) is 65.8 Å². The van der Waals surface area contributed by atoms with E-state index in [0.29, 0.717) is 10.0 Å². The van der Waals surface area contributed by atoms with Crippen LogP contribution >= 0.6 is 11.6 Å². The van der Waals surface area contributed by atoms with Crippen LogP contribution < -0.4 is 0 Å². The normalized spacial score (nSPS) is 20.5. The summed E-state index contributed by atoms with van der Waals surface area (Å²) in [7, 11) is 0. The Morgan fingerprint density at radius 3 is 2.32 bits per heavy atom. The third kappa shape index (κ3) is 3.22. The van der Waals surface area contributed by atoms with Crippen LogP contribution in [0.3, 0.4) is 0 Å². The van der Waals surface area contributed by atoms with Crippen LogP contribution in [0.4, 0.5) is 13.2 Å². The molecule has 2 heterocycles. The zero-order valence-electron chi connectivity index (χ0n) is 12.5. The molecular formula is C16H11ClF3N3O2. The van der Waals surface area contributed by atoms with Gasteiger partial charge in [-0.05, 0) is 36.4 Å². The van der Waals surface area contributed by atoms with E-state index < -0.39 is 29.9 Å². The van der Waals surface area contributed by atoms with Gasteiger partial charge in [0.15, 0.2) is 5.72 Å². The number of pyridine rings is 1. The molecule has 0 saturated heterocycles. The van der Waals surface area contributed by atoms with E-state index in [-0.39, 0.29) is 11.1 Å². The number of hydrogen-bond acceptors (Lipinski definition) is 4. The highest BCUT2D eigenvalue weighted by atomic mass is 35.5. The average Bonchev–Trinajstić information content (AvgIpc) is 2.95. The lowest BCUT2D eigenvalue weighted by molar-refractivity contribution is -0.0816. The molecule has 9 heteroatoms. The van der Waals surface area contributed by atoms with Crippen LogP contribution in [0, 0.1) is 0 Å². The molecule has 25 heavy (non-hydrogen) atoms. The number of alkyl halides is 3.